The Labute approximate surface area is 96.6 Å². The van der Waals surface area contributed by atoms with Crippen LogP contribution in [-0.4, -0.2) is 14.0 Å². The van der Waals surface area contributed by atoms with Gasteiger partial charge in [-0.05, 0) is 18.2 Å². The largest absolute Gasteiger partial charge is 0.285 e. The van der Waals surface area contributed by atoms with E-state index < -0.39 is 0 Å². The average Bonchev–Trinajstić information content (AvgIpc) is 2.75. The summed E-state index contributed by atoms with van der Waals surface area (Å²) in [4.78, 5) is 17.0. The predicted molar refractivity (Wildman–Crippen MR) is 65.2 cm³/mol. The molecular weight excluding hydrogens is 222 g/mol. The average molecular weight is 231 g/mol. The minimum Gasteiger partial charge on any atom is -0.285 e. The van der Waals surface area contributed by atoms with Crippen molar-refractivity contribution >= 4 is 29.3 Å². The molecule has 0 amide bonds. The van der Waals surface area contributed by atoms with Crippen LogP contribution < -0.4 is 5.56 Å². The highest BCUT2D eigenvalue weighted by Gasteiger charge is 2.08. The molecule has 0 fully saturated rings. The van der Waals surface area contributed by atoms with Crippen LogP contribution in [0.25, 0.3) is 16.7 Å². The summed E-state index contributed by atoms with van der Waals surface area (Å²) in [6, 6.07) is 5.53. The van der Waals surface area contributed by atoms with Crippen LogP contribution in [0.4, 0.5) is 0 Å². The van der Waals surface area contributed by atoms with Crippen molar-refractivity contribution in [3.05, 3.63) is 40.9 Å². The minimum absolute atomic E-state index is 0.0513. The van der Waals surface area contributed by atoms with Gasteiger partial charge in [-0.15, -0.1) is 12.6 Å². The van der Waals surface area contributed by atoms with Crippen LogP contribution in [0.15, 0.2) is 40.3 Å². The highest BCUT2D eigenvalue weighted by molar-refractivity contribution is 7.80. The summed E-state index contributed by atoms with van der Waals surface area (Å²) >= 11 is 4.25. The molecular formula is C11H9N3OS. The van der Waals surface area contributed by atoms with Crippen molar-refractivity contribution in [1.29, 1.82) is 0 Å². The fourth-order valence-electron chi connectivity index (χ4n) is 1.91. The van der Waals surface area contributed by atoms with Crippen LogP contribution in [0, 0.1) is 0 Å². The van der Waals surface area contributed by atoms with Crippen molar-refractivity contribution < 1.29 is 0 Å². The van der Waals surface area contributed by atoms with E-state index in [4.69, 9.17) is 0 Å². The molecule has 0 saturated carbocycles. The second kappa shape index (κ2) is 3.12. The maximum Gasteiger partial charge on any atom is 0.262 e. The van der Waals surface area contributed by atoms with Gasteiger partial charge in [0.15, 0.2) is 0 Å². The Bertz CT molecular complexity index is 757. The molecule has 0 radical (unpaired) electrons. The smallest absolute Gasteiger partial charge is 0.262 e. The number of thiol groups is 1. The van der Waals surface area contributed by atoms with Crippen molar-refractivity contribution in [2.45, 2.75) is 4.90 Å². The lowest BCUT2D eigenvalue weighted by Gasteiger charge is -2.06. The van der Waals surface area contributed by atoms with E-state index in [1.165, 1.54) is 4.57 Å². The lowest BCUT2D eigenvalue weighted by atomic mass is 10.2. The van der Waals surface area contributed by atoms with E-state index in [2.05, 4.69) is 17.6 Å². The zero-order valence-electron chi connectivity index (χ0n) is 8.58. The first-order chi connectivity index (χ1) is 7.68. The summed E-state index contributed by atoms with van der Waals surface area (Å²) in [6.07, 6.45) is 3.53. The van der Waals surface area contributed by atoms with Gasteiger partial charge in [-0.1, -0.05) is 0 Å². The van der Waals surface area contributed by atoms with Gasteiger partial charge in [-0.2, -0.15) is 0 Å². The Balaban J connectivity index is 2.71. The second-order valence-electron chi connectivity index (χ2n) is 3.66. The molecule has 16 heavy (non-hydrogen) atoms. The van der Waals surface area contributed by atoms with Gasteiger partial charge in [0.2, 0.25) is 5.78 Å². The standard InChI is InChI=1S/C11H9N3OS/c1-13-10(15)8-6-7(16)2-3-9(8)14-5-4-12-11(13)14/h2-6,16H,1H3. The molecule has 5 heteroatoms. The fraction of sp³-hybridized carbons (Fsp3) is 0.0909. The van der Waals surface area contributed by atoms with Gasteiger partial charge in [-0.25, -0.2) is 4.98 Å². The zero-order valence-corrected chi connectivity index (χ0v) is 9.48. The molecule has 0 aliphatic carbocycles. The number of aryl methyl sites for hydroxylation is 1. The predicted octanol–water partition coefficient (Wildman–Crippen LogP) is 1.47. The SMILES string of the molecule is Cn1c(=O)c2cc(S)ccc2n2ccnc12. The Morgan fingerprint density at radius 2 is 2.19 bits per heavy atom. The molecule has 3 aromatic rings. The van der Waals surface area contributed by atoms with Crippen LogP contribution in [0.3, 0.4) is 0 Å². The Morgan fingerprint density at radius 3 is 3.00 bits per heavy atom. The maximum atomic E-state index is 12.1. The molecule has 0 saturated heterocycles. The van der Waals surface area contributed by atoms with Gasteiger partial charge in [0.1, 0.15) is 0 Å². The van der Waals surface area contributed by atoms with Crippen molar-refractivity contribution in [2.24, 2.45) is 7.05 Å². The summed E-state index contributed by atoms with van der Waals surface area (Å²) in [7, 11) is 1.72. The third-order valence-corrected chi connectivity index (χ3v) is 2.97. The number of nitrogens with zero attached hydrogens (tertiary/aromatic N) is 3. The Morgan fingerprint density at radius 1 is 1.38 bits per heavy atom. The first-order valence-corrected chi connectivity index (χ1v) is 5.28. The number of hydrogen-bond acceptors (Lipinski definition) is 3. The molecule has 2 heterocycles. The molecule has 0 unspecified atom stereocenters. The number of benzene rings is 1. The molecule has 0 bridgehead atoms. The second-order valence-corrected chi connectivity index (χ2v) is 4.18. The number of rotatable bonds is 0. The highest BCUT2D eigenvalue weighted by Crippen LogP contribution is 2.16. The molecule has 0 aliphatic rings. The minimum atomic E-state index is -0.0513. The monoisotopic (exact) mass is 231 g/mol. The van der Waals surface area contributed by atoms with Crippen LogP contribution in [0.2, 0.25) is 0 Å². The molecule has 2 aromatic heterocycles. The van der Waals surface area contributed by atoms with Crippen molar-refractivity contribution in [3.8, 4) is 0 Å². The lowest BCUT2D eigenvalue weighted by molar-refractivity contribution is 0.864. The summed E-state index contributed by atoms with van der Waals surface area (Å²) in [5.41, 5.74) is 0.804. The van der Waals surface area contributed by atoms with E-state index in [0.717, 1.165) is 10.4 Å². The topological polar surface area (TPSA) is 39.3 Å². The van der Waals surface area contributed by atoms with Gasteiger partial charge in [-0.3, -0.25) is 13.8 Å². The van der Waals surface area contributed by atoms with Crippen LogP contribution in [0.1, 0.15) is 0 Å². The highest BCUT2D eigenvalue weighted by atomic mass is 32.1. The zero-order chi connectivity index (χ0) is 11.3. The van der Waals surface area contributed by atoms with Crippen LogP contribution >= 0.6 is 12.6 Å². The molecule has 0 spiro atoms. The van der Waals surface area contributed by atoms with Gasteiger partial charge in [0.05, 0.1) is 10.9 Å². The molecule has 3 rings (SSSR count). The first kappa shape index (κ1) is 9.47. The van der Waals surface area contributed by atoms with E-state index in [9.17, 15) is 4.79 Å². The fourth-order valence-corrected chi connectivity index (χ4v) is 2.11. The number of hydrogen-bond donors (Lipinski definition) is 1. The summed E-state index contributed by atoms with van der Waals surface area (Å²) in [5.74, 6) is 0.643. The molecule has 0 N–H and O–H groups in total. The maximum absolute atomic E-state index is 12.1. The third-order valence-electron chi connectivity index (χ3n) is 2.70. The van der Waals surface area contributed by atoms with E-state index in [1.54, 1.807) is 19.3 Å². The molecule has 0 atom stereocenters. The summed E-state index contributed by atoms with van der Waals surface area (Å²) < 4.78 is 3.43. The van der Waals surface area contributed by atoms with Gasteiger partial charge in [0, 0.05) is 24.3 Å². The van der Waals surface area contributed by atoms with E-state index >= 15 is 0 Å². The summed E-state index contributed by atoms with van der Waals surface area (Å²) in [5, 5.41) is 0.653. The van der Waals surface area contributed by atoms with Crippen LogP contribution in [0.5, 0.6) is 0 Å². The van der Waals surface area contributed by atoms with Crippen LogP contribution in [-0.2, 0) is 7.05 Å². The number of fused-ring (bicyclic) bond motifs is 3. The molecule has 4 nitrogen and oxygen atoms in total. The number of imidazole rings is 1. The number of aromatic nitrogens is 3. The van der Waals surface area contributed by atoms with Crippen molar-refractivity contribution in [1.82, 2.24) is 14.0 Å². The van der Waals surface area contributed by atoms with Gasteiger partial charge < -0.3 is 0 Å². The van der Waals surface area contributed by atoms with Gasteiger partial charge in [0.25, 0.3) is 5.56 Å². The third kappa shape index (κ3) is 1.12. The molecule has 1 aromatic carbocycles. The van der Waals surface area contributed by atoms with Crippen molar-refractivity contribution in [3.63, 3.8) is 0 Å². The Kier molecular flexibility index (Phi) is 1.85. The molecule has 80 valence electrons. The summed E-state index contributed by atoms with van der Waals surface area (Å²) in [6.45, 7) is 0. The normalized spacial score (nSPS) is 11.4. The van der Waals surface area contributed by atoms with Crippen molar-refractivity contribution in [2.75, 3.05) is 0 Å². The Hall–Kier alpha value is -1.75. The van der Waals surface area contributed by atoms with E-state index in [1.807, 2.05) is 22.7 Å². The van der Waals surface area contributed by atoms with E-state index in [0.29, 0.717) is 11.2 Å². The first-order valence-electron chi connectivity index (χ1n) is 4.83. The quantitative estimate of drug-likeness (QED) is 0.595. The van der Waals surface area contributed by atoms with E-state index in [-0.39, 0.29) is 5.56 Å². The lowest BCUT2D eigenvalue weighted by Crippen LogP contribution is -2.19. The van der Waals surface area contributed by atoms with Gasteiger partial charge >= 0.3 is 0 Å². The molecule has 0 aliphatic heterocycles.